The van der Waals surface area contributed by atoms with Gasteiger partial charge in [-0.1, -0.05) is 44.0 Å². The van der Waals surface area contributed by atoms with Gasteiger partial charge in [-0.15, -0.1) is 0 Å². The molecule has 3 nitrogen and oxygen atoms in total. The summed E-state index contributed by atoms with van der Waals surface area (Å²) in [6, 6.07) is 14.3. The van der Waals surface area contributed by atoms with E-state index in [1.54, 1.807) is 42.6 Å². The van der Waals surface area contributed by atoms with Crippen molar-refractivity contribution in [1.82, 2.24) is 0 Å². The summed E-state index contributed by atoms with van der Waals surface area (Å²) in [4.78, 5) is 0. The molecule has 4 heteroatoms. The number of rotatable bonds is 7. The Labute approximate surface area is 142 Å². The van der Waals surface area contributed by atoms with E-state index in [0.29, 0.717) is 11.1 Å². The lowest BCUT2D eigenvalue weighted by Crippen LogP contribution is -1.92. The lowest BCUT2D eigenvalue weighted by molar-refractivity contribution is 0.621. The van der Waals surface area contributed by atoms with Crippen LogP contribution in [0.15, 0.2) is 52.7 Å². The van der Waals surface area contributed by atoms with Crippen LogP contribution in [0.2, 0.25) is 0 Å². The Kier molecular flexibility index (Phi) is 6.85. The molecular formula is C20H20FN3. The number of halogens is 1. The van der Waals surface area contributed by atoms with E-state index in [1.165, 1.54) is 6.21 Å². The van der Waals surface area contributed by atoms with Crippen LogP contribution in [0.5, 0.6) is 0 Å². The minimum atomic E-state index is -0.277. The molecule has 0 saturated heterocycles. The Morgan fingerprint density at radius 2 is 1.79 bits per heavy atom. The molecule has 0 aliphatic heterocycles. The van der Waals surface area contributed by atoms with Gasteiger partial charge in [0.2, 0.25) is 0 Å². The second kappa shape index (κ2) is 9.36. The third-order valence-electron chi connectivity index (χ3n) is 3.64. The van der Waals surface area contributed by atoms with Crippen molar-refractivity contribution in [3.63, 3.8) is 0 Å². The summed E-state index contributed by atoms with van der Waals surface area (Å²) in [7, 11) is 0. The fourth-order valence-corrected chi connectivity index (χ4v) is 2.25. The van der Waals surface area contributed by atoms with E-state index in [0.717, 1.165) is 36.8 Å². The maximum atomic E-state index is 14.0. The van der Waals surface area contributed by atoms with E-state index >= 15 is 0 Å². The van der Waals surface area contributed by atoms with E-state index in [-0.39, 0.29) is 5.82 Å². The number of aryl methyl sites for hydroxylation is 1. The first-order valence-electron chi connectivity index (χ1n) is 8.08. The van der Waals surface area contributed by atoms with Crippen molar-refractivity contribution in [3.8, 4) is 6.07 Å². The molecule has 0 radical (unpaired) electrons. The maximum Gasteiger partial charge on any atom is 0.132 e. The first kappa shape index (κ1) is 17.6. The smallest absolute Gasteiger partial charge is 0.132 e. The minimum Gasteiger partial charge on any atom is -0.206 e. The highest BCUT2D eigenvalue weighted by Crippen LogP contribution is 2.12. The van der Waals surface area contributed by atoms with Crippen LogP contribution in [0, 0.1) is 17.1 Å². The summed E-state index contributed by atoms with van der Waals surface area (Å²) >= 11 is 0. The molecule has 0 atom stereocenters. The molecule has 2 aromatic rings. The molecule has 0 aliphatic rings. The van der Waals surface area contributed by atoms with Gasteiger partial charge in [0, 0.05) is 5.56 Å². The normalized spacial score (nSPS) is 11.2. The van der Waals surface area contributed by atoms with Gasteiger partial charge in [-0.3, -0.25) is 0 Å². The predicted molar refractivity (Wildman–Crippen MR) is 96.0 cm³/mol. The molecule has 0 saturated carbocycles. The van der Waals surface area contributed by atoms with Crippen molar-refractivity contribution in [1.29, 1.82) is 5.26 Å². The molecule has 0 aromatic heterocycles. The second-order valence-corrected chi connectivity index (χ2v) is 5.54. The average Bonchev–Trinajstić information content (AvgIpc) is 2.61. The molecule has 0 fully saturated rings. The SMILES string of the molecule is CCCCCc1ccc(C=NN=Cc2ccc(C#N)cc2)c(F)c1. The lowest BCUT2D eigenvalue weighted by Gasteiger charge is -2.02. The van der Waals surface area contributed by atoms with Gasteiger partial charge in [-0.25, -0.2) is 4.39 Å². The minimum absolute atomic E-state index is 0.277. The monoisotopic (exact) mass is 321 g/mol. The van der Waals surface area contributed by atoms with Crippen molar-refractivity contribution in [2.24, 2.45) is 10.2 Å². The van der Waals surface area contributed by atoms with Crippen molar-refractivity contribution in [2.45, 2.75) is 32.6 Å². The Balaban J connectivity index is 1.95. The highest BCUT2D eigenvalue weighted by atomic mass is 19.1. The number of hydrogen-bond donors (Lipinski definition) is 0. The molecule has 0 amide bonds. The summed E-state index contributed by atoms with van der Waals surface area (Å²) in [5.41, 5.74) is 2.86. The number of benzene rings is 2. The van der Waals surface area contributed by atoms with E-state index in [2.05, 4.69) is 23.2 Å². The zero-order valence-corrected chi connectivity index (χ0v) is 13.7. The average molecular weight is 321 g/mol. The van der Waals surface area contributed by atoms with Gasteiger partial charge in [-0.2, -0.15) is 15.5 Å². The second-order valence-electron chi connectivity index (χ2n) is 5.54. The van der Waals surface area contributed by atoms with E-state index < -0.39 is 0 Å². The standard InChI is InChI=1S/C20H20FN3/c1-2-3-4-5-16-10-11-19(20(21)12-16)15-24-23-14-18-8-6-17(13-22)7-9-18/h6-12,14-15H,2-5H2,1H3. The molecule has 0 N–H and O–H groups in total. The largest absolute Gasteiger partial charge is 0.206 e. The number of hydrogen-bond acceptors (Lipinski definition) is 3. The topological polar surface area (TPSA) is 48.5 Å². The van der Waals surface area contributed by atoms with Crippen molar-refractivity contribution < 1.29 is 4.39 Å². The molecule has 2 rings (SSSR count). The molecule has 0 unspecified atom stereocenters. The third-order valence-corrected chi connectivity index (χ3v) is 3.64. The number of nitrogens with zero attached hydrogens (tertiary/aromatic N) is 3. The Morgan fingerprint density at radius 1 is 1.04 bits per heavy atom. The third kappa shape index (κ3) is 5.44. The summed E-state index contributed by atoms with van der Waals surface area (Å²) in [6.45, 7) is 2.15. The van der Waals surface area contributed by atoms with Gasteiger partial charge < -0.3 is 0 Å². The van der Waals surface area contributed by atoms with E-state index in [4.69, 9.17) is 5.26 Å². The zero-order chi connectivity index (χ0) is 17.2. The maximum absolute atomic E-state index is 14.0. The van der Waals surface area contributed by atoms with Crippen LogP contribution >= 0.6 is 0 Å². The van der Waals surface area contributed by atoms with Gasteiger partial charge in [0.15, 0.2) is 0 Å². The molecule has 0 spiro atoms. The first-order valence-corrected chi connectivity index (χ1v) is 8.08. The quantitative estimate of drug-likeness (QED) is 0.407. The number of unbranched alkanes of at least 4 members (excludes halogenated alkanes) is 2. The Bertz CT molecular complexity index is 755. The van der Waals surface area contributed by atoms with Gasteiger partial charge in [0.1, 0.15) is 5.82 Å². The summed E-state index contributed by atoms with van der Waals surface area (Å²) in [6.07, 6.45) is 7.27. The summed E-state index contributed by atoms with van der Waals surface area (Å²) in [5.74, 6) is -0.277. The van der Waals surface area contributed by atoms with Crippen LogP contribution in [0.3, 0.4) is 0 Å². The number of nitriles is 1. The van der Waals surface area contributed by atoms with Crippen LogP contribution in [0.4, 0.5) is 4.39 Å². The zero-order valence-electron chi connectivity index (χ0n) is 13.7. The van der Waals surface area contributed by atoms with Crippen molar-refractivity contribution >= 4 is 12.4 Å². The lowest BCUT2D eigenvalue weighted by atomic mass is 10.1. The highest BCUT2D eigenvalue weighted by molar-refractivity contribution is 5.83. The molecule has 0 heterocycles. The predicted octanol–water partition coefficient (Wildman–Crippen LogP) is 4.88. The highest BCUT2D eigenvalue weighted by Gasteiger charge is 2.01. The molecule has 24 heavy (non-hydrogen) atoms. The Hall–Kier alpha value is -2.80. The van der Waals surface area contributed by atoms with Gasteiger partial charge in [0.25, 0.3) is 0 Å². The summed E-state index contributed by atoms with van der Waals surface area (Å²) in [5, 5.41) is 16.5. The van der Waals surface area contributed by atoms with Gasteiger partial charge in [0.05, 0.1) is 24.1 Å². The fourth-order valence-electron chi connectivity index (χ4n) is 2.25. The van der Waals surface area contributed by atoms with Crippen LogP contribution < -0.4 is 0 Å². The molecular weight excluding hydrogens is 301 g/mol. The Morgan fingerprint density at radius 3 is 2.46 bits per heavy atom. The van der Waals surface area contributed by atoms with Crippen LogP contribution in [0.25, 0.3) is 0 Å². The molecule has 2 aromatic carbocycles. The fraction of sp³-hybridized carbons (Fsp3) is 0.250. The molecule has 0 bridgehead atoms. The van der Waals surface area contributed by atoms with Gasteiger partial charge in [-0.05, 0) is 42.2 Å². The van der Waals surface area contributed by atoms with Crippen LogP contribution in [-0.4, -0.2) is 12.4 Å². The first-order chi connectivity index (χ1) is 11.7. The van der Waals surface area contributed by atoms with E-state index in [9.17, 15) is 4.39 Å². The molecule has 122 valence electrons. The van der Waals surface area contributed by atoms with Gasteiger partial charge >= 0.3 is 0 Å². The van der Waals surface area contributed by atoms with Crippen molar-refractivity contribution in [3.05, 3.63) is 70.5 Å². The summed E-state index contributed by atoms with van der Waals surface area (Å²) < 4.78 is 14.0. The molecule has 0 aliphatic carbocycles. The van der Waals surface area contributed by atoms with Crippen LogP contribution in [0.1, 0.15) is 48.4 Å². The van der Waals surface area contributed by atoms with E-state index in [1.807, 2.05) is 6.07 Å². The van der Waals surface area contributed by atoms with Crippen LogP contribution in [-0.2, 0) is 6.42 Å². The van der Waals surface area contributed by atoms with Crippen molar-refractivity contribution in [2.75, 3.05) is 0 Å².